The summed E-state index contributed by atoms with van der Waals surface area (Å²) in [6.45, 7) is 0.212. The Bertz CT molecular complexity index is 1520. The Hall–Kier alpha value is -3.97. The molecule has 0 aliphatic heterocycles. The standard InChI is InChI=1S/C28H25N3O3S/c1-35(33,34)31(19-20-6-3-2-4-7-20)25-16-14-23(15-17-25)28(32)30-29-18-24-13-12-22-11-10-21-8-5-9-26(24)27(21)22/h2-9,12-18H,10-11,19H2,1H3,(H,30,32)/b29-18-. The van der Waals surface area contributed by atoms with Crippen LogP contribution in [0, 0.1) is 0 Å². The van der Waals surface area contributed by atoms with Crippen LogP contribution in [0.3, 0.4) is 0 Å². The minimum absolute atomic E-state index is 0.212. The Morgan fingerprint density at radius 2 is 1.63 bits per heavy atom. The number of sulfonamides is 1. The molecule has 0 spiro atoms. The maximum Gasteiger partial charge on any atom is 0.271 e. The summed E-state index contributed by atoms with van der Waals surface area (Å²) in [6.07, 6.45) is 4.95. The first-order valence-corrected chi connectivity index (χ1v) is 13.2. The number of carbonyl (C=O) groups excluding carboxylic acids is 1. The number of hydrazone groups is 1. The summed E-state index contributed by atoms with van der Waals surface area (Å²) in [5.41, 5.74) is 7.98. The number of aryl methyl sites for hydroxylation is 2. The molecule has 0 saturated heterocycles. The second-order valence-corrected chi connectivity index (χ2v) is 10.6. The number of nitrogens with one attached hydrogen (secondary N) is 1. The normalized spacial score (nSPS) is 12.8. The van der Waals surface area contributed by atoms with Gasteiger partial charge >= 0.3 is 0 Å². The highest BCUT2D eigenvalue weighted by Gasteiger charge is 2.19. The molecule has 0 bridgehead atoms. The summed E-state index contributed by atoms with van der Waals surface area (Å²) in [5.74, 6) is -0.368. The molecule has 1 aliphatic carbocycles. The molecule has 4 aromatic rings. The summed E-state index contributed by atoms with van der Waals surface area (Å²) in [7, 11) is -3.50. The number of amides is 1. The predicted molar refractivity (Wildman–Crippen MR) is 140 cm³/mol. The van der Waals surface area contributed by atoms with Crippen molar-refractivity contribution in [2.45, 2.75) is 19.4 Å². The Morgan fingerprint density at radius 1 is 0.914 bits per heavy atom. The van der Waals surface area contributed by atoms with Crippen molar-refractivity contribution in [3.05, 3.63) is 113 Å². The quantitative estimate of drug-likeness (QED) is 0.307. The van der Waals surface area contributed by atoms with Gasteiger partial charge in [-0.2, -0.15) is 5.10 Å². The molecule has 0 unspecified atom stereocenters. The van der Waals surface area contributed by atoms with Crippen LogP contribution in [0.4, 0.5) is 5.69 Å². The first-order chi connectivity index (χ1) is 16.9. The van der Waals surface area contributed by atoms with Gasteiger partial charge in [-0.3, -0.25) is 9.10 Å². The van der Waals surface area contributed by atoms with Gasteiger partial charge in [-0.25, -0.2) is 13.8 Å². The predicted octanol–water partition coefficient (Wildman–Crippen LogP) is 4.67. The van der Waals surface area contributed by atoms with Crippen LogP contribution in [0.15, 0.2) is 90.0 Å². The summed E-state index contributed by atoms with van der Waals surface area (Å²) in [4.78, 5) is 12.6. The number of rotatable bonds is 7. The average molecular weight is 484 g/mol. The van der Waals surface area contributed by atoms with Crippen LogP contribution >= 0.6 is 0 Å². The number of benzene rings is 4. The third-order valence-electron chi connectivity index (χ3n) is 6.27. The van der Waals surface area contributed by atoms with Gasteiger partial charge in [0.25, 0.3) is 5.91 Å². The molecule has 0 fully saturated rings. The Labute approximate surface area is 205 Å². The maximum absolute atomic E-state index is 12.6. The van der Waals surface area contributed by atoms with Crippen molar-refractivity contribution in [3.63, 3.8) is 0 Å². The lowest BCUT2D eigenvalue weighted by molar-refractivity contribution is 0.0955. The number of hydrogen-bond donors (Lipinski definition) is 1. The van der Waals surface area contributed by atoms with Gasteiger partial charge < -0.3 is 0 Å². The van der Waals surface area contributed by atoms with E-state index in [0.29, 0.717) is 11.3 Å². The topological polar surface area (TPSA) is 78.8 Å². The SMILES string of the molecule is CS(=O)(=O)N(Cc1ccccc1)c1ccc(C(=O)N/N=C\c2ccc3c4c(cccc24)CC3)cc1. The van der Waals surface area contributed by atoms with Crippen LogP contribution in [-0.4, -0.2) is 26.8 Å². The number of anilines is 1. The smallest absolute Gasteiger partial charge is 0.267 e. The van der Waals surface area contributed by atoms with E-state index in [1.807, 2.05) is 36.4 Å². The summed E-state index contributed by atoms with van der Waals surface area (Å²) in [5, 5.41) is 6.60. The highest BCUT2D eigenvalue weighted by molar-refractivity contribution is 7.92. The van der Waals surface area contributed by atoms with E-state index in [-0.39, 0.29) is 12.5 Å². The molecule has 4 aromatic carbocycles. The van der Waals surface area contributed by atoms with Crippen molar-refractivity contribution >= 4 is 38.6 Å². The molecular formula is C28H25N3O3S. The van der Waals surface area contributed by atoms with Gasteiger partial charge in [0.15, 0.2) is 0 Å². The molecule has 1 N–H and O–H groups in total. The van der Waals surface area contributed by atoms with E-state index in [9.17, 15) is 13.2 Å². The molecule has 5 rings (SSSR count). The van der Waals surface area contributed by atoms with E-state index >= 15 is 0 Å². The summed E-state index contributed by atoms with van der Waals surface area (Å²) < 4.78 is 26.1. The highest BCUT2D eigenvalue weighted by Crippen LogP contribution is 2.32. The van der Waals surface area contributed by atoms with Crippen LogP contribution in [0.5, 0.6) is 0 Å². The fourth-order valence-electron chi connectivity index (χ4n) is 4.54. The van der Waals surface area contributed by atoms with Gasteiger partial charge in [0.2, 0.25) is 10.0 Å². The largest absolute Gasteiger partial charge is 0.271 e. The van der Waals surface area contributed by atoms with Crippen LogP contribution < -0.4 is 9.73 Å². The van der Waals surface area contributed by atoms with Crippen LogP contribution in [0.2, 0.25) is 0 Å². The van der Waals surface area contributed by atoms with E-state index < -0.39 is 10.0 Å². The second-order valence-electron chi connectivity index (χ2n) is 8.65. The van der Waals surface area contributed by atoms with Crippen LogP contribution in [0.25, 0.3) is 10.8 Å². The first kappa shape index (κ1) is 22.8. The third kappa shape index (κ3) is 4.81. The molecule has 7 heteroatoms. The van der Waals surface area contributed by atoms with Gasteiger partial charge in [-0.05, 0) is 64.6 Å². The minimum atomic E-state index is -3.50. The minimum Gasteiger partial charge on any atom is -0.267 e. The average Bonchev–Trinajstić information content (AvgIpc) is 3.29. The van der Waals surface area contributed by atoms with Crippen molar-refractivity contribution < 1.29 is 13.2 Å². The summed E-state index contributed by atoms with van der Waals surface area (Å²) >= 11 is 0. The molecule has 6 nitrogen and oxygen atoms in total. The Morgan fingerprint density at radius 3 is 2.34 bits per heavy atom. The molecule has 0 saturated carbocycles. The zero-order chi connectivity index (χ0) is 24.4. The van der Waals surface area contributed by atoms with Gasteiger partial charge in [0.05, 0.1) is 24.7 Å². The van der Waals surface area contributed by atoms with Gasteiger partial charge in [0.1, 0.15) is 0 Å². The van der Waals surface area contributed by atoms with Crippen molar-refractivity contribution in [1.29, 1.82) is 0 Å². The molecule has 176 valence electrons. The zero-order valence-electron chi connectivity index (χ0n) is 19.3. The van der Waals surface area contributed by atoms with Crippen molar-refractivity contribution in [1.82, 2.24) is 5.43 Å². The van der Waals surface area contributed by atoms with Crippen LogP contribution in [0.1, 0.15) is 32.6 Å². The first-order valence-electron chi connectivity index (χ1n) is 11.4. The van der Waals surface area contributed by atoms with Crippen molar-refractivity contribution in [3.8, 4) is 0 Å². The number of carbonyl (C=O) groups is 1. The summed E-state index contributed by atoms with van der Waals surface area (Å²) in [6, 6.07) is 26.3. The number of nitrogens with zero attached hydrogens (tertiary/aromatic N) is 2. The van der Waals surface area contributed by atoms with E-state index in [1.54, 1.807) is 30.5 Å². The van der Waals surface area contributed by atoms with E-state index in [0.717, 1.165) is 29.4 Å². The molecular weight excluding hydrogens is 458 g/mol. The zero-order valence-corrected chi connectivity index (χ0v) is 20.1. The molecule has 0 atom stereocenters. The molecule has 35 heavy (non-hydrogen) atoms. The van der Waals surface area contributed by atoms with Gasteiger partial charge in [0, 0.05) is 11.1 Å². The fraction of sp³-hybridized carbons (Fsp3) is 0.143. The molecule has 0 heterocycles. The molecule has 0 aromatic heterocycles. The van der Waals surface area contributed by atoms with Crippen LogP contribution in [-0.2, 0) is 29.4 Å². The molecule has 1 aliphatic rings. The molecule has 0 radical (unpaired) electrons. The third-order valence-corrected chi connectivity index (χ3v) is 7.41. The highest BCUT2D eigenvalue weighted by atomic mass is 32.2. The Kier molecular flexibility index (Phi) is 6.09. The van der Waals surface area contributed by atoms with E-state index in [4.69, 9.17) is 0 Å². The van der Waals surface area contributed by atoms with Crippen molar-refractivity contribution in [2.75, 3.05) is 10.6 Å². The number of hydrogen-bond acceptors (Lipinski definition) is 4. The monoisotopic (exact) mass is 483 g/mol. The lowest BCUT2D eigenvalue weighted by Crippen LogP contribution is -2.29. The van der Waals surface area contributed by atoms with Gasteiger partial charge in [-0.1, -0.05) is 60.7 Å². The maximum atomic E-state index is 12.6. The molecule has 1 amide bonds. The Balaban J connectivity index is 1.30. The lowest BCUT2D eigenvalue weighted by atomic mass is 10.0. The van der Waals surface area contributed by atoms with E-state index in [2.05, 4.69) is 34.8 Å². The van der Waals surface area contributed by atoms with Gasteiger partial charge in [-0.15, -0.1) is 0 Å². The lowest BCUT2D eigenvalue weighted by Gasteiger charge is -2.22. The van der Waals surface area contributed by atoms with E-state index in [1.165, 1.54) is 27.1 Å². The second kappa shape index (κ2) is 9.35. The fourth-order valence-corrected chi connectivity index (χ4v) is 5.42. The van der Waals surface area contributed by atoms with Crippen molar-refractivity contribution in [2.24, 2.45) is 5.10 Å².